The van der Waals surface area contributed by atoms with E-state index < -0.39 is 0 Å². The van der Waals surface area contributed by atoms with E-state index in [-0.39, 0.29) is 28.4 Å². The molecule has 0 aromatic heterocycles. The number of amides is 2. The number of aromatic hydroxyl groups is 1. The highest BCUT2D eigenvalue weighted by Gasteiger charge is 2.33. The number of benzene rings is 2. The molecule has 2 N–H and O–H groups in total. The Kier molecular flexibility index (Phi) is 6.99. The minimum absolute atomic E-state index is 0.00992. The maximum atomic E-state index is 12.7. The lowest BCUT2D eigenvalue weighted by Gasteiger charge is -2.14. The summed E-state index contributed by atoms with van der Waals surface area (Å²) in [7, 11) is 1.56. The second-order valence-electron chi connectivity index (χ2n) is 5.87. The van der Waals surface area contributed by atoms with Crippen LogP contribution in [0.5, 0.6) is 11.5 Å². The first-order valence-corrected chi connectivity index (χ1v) is 11.0. The molecular formula is C19H14Br2N2O4S2. The van der Waals surface area contributed by atoms with Gasteiger partial charge in [-0.15, -0.1) is 0 Å². The van der Waals surface area contributed by atoms with Gasteiger partial charge in [-0.25, -0.2) is 0 Å². The first kappa shape index (κ1) is 21.8. The van der Waals surface area contributed by atoms with Crippen LogP contribution in [0.25, 0.3) is 6.08 Å². The van der Waals surface area contributed by atoms with Crippen molar-refractivity contribution in [3.05, 3.63) is 55.8 Å². The zero-order chi connectivity index (χ0) is 21.1. The average Bonchev–Trinajstić information content (AvgIpc) is 2.93. The van der Waals surface area contributed by atoms with Crippen LogP contribution in [0, 0.1) is 0 Å². The molecule has 1 saturated heterocycles. The summed E-state index contributed by atoms with van der Waals surface area (Å²) in [6, 6.07) is 10.2. The molecule has 1 heterocycles. The van der Waals surface area contributed by atoms with E-state index in [1.54, 1.807) is 49.6 Å². The van der Waals surface area contributed by atoms with Crippen molar-refractivity contribution in [3.8, 4) is 11.5 Å². The SMILES string of the molecule is COc1ccc(NC(=O)CN2C(=O)/C(=C/c3cc(Br)cc(Br)c3O)SC2=S)cc1. The number of anilines is 1. The smallest absolute Gasteiger partial charge is 0.266 e. The molecule has 0 saturated carbocycles. The number of carbonyl (C=O) groups excluding carboxylic acids is 2. The topological polar surface area (TPSA) is 78.9 Å². The largest absolute Gasteiger partial charge is 0.506 e. The van der Waals surface area contributed by atoms with Crippen LogP contribution in [0.2, 0.25) is 0 Å². The van der Waals surface area contributed by atoms with Crippen LogP contribution in [-0.2, 0) is 9.59 Å². The monoisotopic (exact) mass is 556 g/mol. The molecule has 0 radical (unpaired) electrons. The Morgan fingerprint density at radius 1 is 1.31 bits per heavy atom. The van der Waals surface area contributed by atoms with Crippen LogP contribution >= 0.6 is 55.8 Å². The molecule has 6 nitrogen and oxygen atoms in total. The third-order valence-corrected chi connectivity index (χ3v) is 6.33. The summed E-state index contributed by atoms with van der Waals surface area (Å²) in [5, 5.41) is 12.9. The fourth-order valence-electron chi connectivity index (χ4n) is 2.49. The van der Waals surface area contributed by atoms with Crippen LogP contribution < -0.4 is 10.1 Å². The van der Waals surface area contributed by atoms with Crippen LogP contribution in [0.15, 0.2) is 50.2 Å². The predicted molar refractivity (Wildman–Crippen MR) is 125 cm³/mol. The van der Waals surface area contributed by atoms with Gasteiger partial charge >= 0.3 is 0 Å². The van der Waals surface area contributed by atoms with Crippen LogP contribution in [-0.4, -0.2) is 39.8 Å². The van der Waals surface area contributed by atoms with Crippen molar-refractivity contribution in [1.29, 1.82) is 0 Å². The quantitative estimate of drug-likeness (QED) is 0.407. The summed E-state index contributed by atoms with van der Waals surface area (Å²) in [4.78, 5) is 26.6. The van der Waals surface area contributed by atoms with E-state index in [4.69, 9.17) is 17.0 Å². The lowest BCUT2D eigenvalue weighted by atomic mass is 10.2. The Hall–Kier alpha value is -1.88. The van der Waals surface area contributed by atoms with Crippen molar-refractivity contribution in [2.45, 2.75) is 0 Å². The molecule has 0 aliphatic carbocycles. The average molecular weight is 558 g/mol. The molecule has 0 unspecified atom stereocenters. The predicted octanol–water partition coefficient (Wildman–Crippen LogP) is 4.77. The van der Waals surface area contributed by atoms with Crippen molar-refractivity contribution in [1.82, 2.24) is 4.90 Å². The van der Waals surface area contributed by atoms with Crippen LogP contribution in [0.4, 0.5) is 5.69 Å². The molecule has 10 heteroatoms. The number of thioether (sulfide) groups is 1. The normalized spacial score (nSPS) is 15.1. The number of nitrogens with one attached hydrogen (secondary N) is 1. The summed E-state index contributed by atoms with van der Waals surface area (Å²) in [5.41, 5.74) is 1.04. The highest BCUT2D eigenvalue weighted by Crippen LogP contribution is 2.37. The van der Waals surface area contributed by atoms with Crippen molar-refractivity contribution in [2.75, 3.05) is 19.0 Å². The Balaban J connectivity index is 1.72. The molecule has 2 aromatic rings. The van der Waals surface area contributed by atoms with Gasteiger partial charge in [0.25, 0.3) is 5.91 Å². The molecule has 2 aromatic carbocycles. The van der Waals surface area contributed by atoms with Crippen molar-refractivity contribution < 1.29 is 19.4 Å². The highest BCUT2D eigenvalue weighted by atomic mass is 79.9. The minimum atomic E-state index is -0.389. The Labute approximate surface area is 193 Å². The maximum absolute atomic E-state index is 12.7. The Morgan fingerprint density at radius 3 is 2.66 bits per heavy atom. The second-order valence-corrected chi connectivity index (χ2v) is 9.32. The molecule has 2 amide bonds. The van der Waals surface area contributed by atoms with E-state index >= 15 is 0 Å². The third kappa shape index (κ3) is 5.19. The van der Waals surface area contributed by atoms with Crippen molar-refractivity contribution in [3.63, 3.8) is 0 Å². The zero-order valence-corrected chi connectivity index (χ0v) is 19.7. The van der Waals surface area contributed by atoms with E-state index in [0.717, 1.165) is 16.2 Å². The third-order valence-electron chi connectivity index (χ3n) is 3.89. The number of methoxy groups -OCH3 is 1. The summed E-state index contributed by atoms with van der Waals surface area (Å²) >= 11 is 13.0. The molecule has 150 valence electrons. The van der Waals surface area contributed by atoms with Gasteiger partial charge in [-0.1, -0.05) is 39.9 Å². The molecular weight excluding hydrogens is 544 g/mol. The fraction of sp³-hybridized carbons (Fsp3) is 0.105. The number of hydrogen-bond donors (Lipinski definition) is 2. The molecule has 0 bridgehead atoms. The number of hydrogen-bond acceptors (Lipinski definition) is 6. The second kappa shape index (κ2) is 9.29. The number of phenolic OH excluding ortho intramolecular Hbond substituents is 1. The van der Waals surface area contributed by atoms with Gasteiger partial charge in [0, 0.05) is 15.7 Å². The molecule has 1 aliphatic rings. The van der Waals surface area contributed by atoms with Crippen molar-refractivity contribution in [2.24, 2.45) is 0 Å². The summed E-state index contributed by atoms with van der Waals surface area (Å²) in [6.45, 7) is -0.206. The summed E-state index contributed by atoms with van der Waals surface area (Å²) < 4.78 is 6.59. The van der Waals surface area contributed by atoms with E-state index in [1.165, 1.54) is 4.90 Å². The van der Waals surface area contributed by atoms with Gasteiger partial charge in [0.05, 0.1) is 16.5 Å². The van der Waals surface area contributed by atoms with Gasteiger partial charge in [0.1, 0.15) is 22.4 Å². The molecule has 1 fully saturated rings. The molecule has 29 heavy (non-hydrogen) atoms. The Morgan fingerprint density at radius 2 is 2.00 bits per heavy atom. The van der Waals surface area contributed by atoms with Crippen LogP contribution in [0.3, 0.4) is 0 Å². The standard InChI is InChI=1S/C19H14Br2N2O4S2/c1-27-13-4-2-12(3-5-13)22-16(24)9-23-18(26)15(29-19(23)28)7-10-6-11(20)8-14(21)17(10)25/h2-8,25H,9H2,1H3,(H,22,24)/b15-7-. The Bertz CT molecular complexity index is 1030. The number of carbonyl (C=O) groups is 2. The first-order valence-electron chi connectivity index (χ1n) is 8.15. The number of halogens is 2. The van der Waals surface area contributed by atoms with E-state index in [1.807, 2.05) is 0 Å². The molecule has 0 atom stereocenters. The molecule has 1 aliphatic heterocycles. The minimum Gasteiger partial charge on any atom is -0.506 e. The number of ether oxygens (including phenoxy) is 1. The number of nitrogens with zero attached hydrogens (tertiary/aromatic N) is 1. The van der Waals surface area contributed by atoms with Gasteiger partial charge in [0.2, 0.25) is 5.91 Å². The summed E-state index contributed by atoms with van der Waals surface area (Å²) in [6.07, 6.45) is 1.55. The van der Waals surface area contributed by atoms with Crippen molar-refractivity contribution >= 4 is 83.7 Å². The molecule has 0 spiro atoms. The number of phenols is 1. The fourth-order valence-corrected chi connectivity index (χ4v) is 5.00. The van der Waals surface area contributed by atoms with Gasteiger partial charge < -0.3 is 15.2 Å². The van der Waals surface area contributed by atoms with Crippen LogP contribution in [0.1, 0.15) is 5.56 Å². The number of rotatable bonds is 5. The van der Waals surface area contributed by atoms with E-state index in [0.29, 0.717) is 26.4 Å². The van der Waals surface area contributed by atoms with Gasteiger partial charge in [-0.3, -0.25) is 14.5 Å². The van der Waals surface area contributed by atoms with E-state index in [9.17, 15) is 14.7 Å². The highest BCUT2D eigenvalue weighted by molar-refractivity contribution is 9.11. The van der Waals surface area contributed by atoms with Gasteiger partial charge in [0.15, 0.2) is 0 Å². The lowest BCUT2D eigenvalue weighted by Crippen LogP contribution is -2.36. The molecule has 3 rings (SSSR count). The maximum Gasteiger partial charge on any atom is 0.266 e. The first-order chi connectivity index (χ1) is 13.8. The van der Waals surface area contributed by atoms with E-state index in [2.05, 4.69) is 37.2 Å². The zero-order valence-electron chi connectivity index (χ0n) is 14.9. The lowest BCUT2D eigenvalue weighted by molar-refractivity contribution is -0.126. The van der Waals surface area contributed by atoms with Gasteiger partial charge in [-0.2, -0.15) is 0 Å². The van der Waals surface area contributed by atoms with Gasteiger partial charge in [-0.05, 0) is 58.4 Å². The number of thiocarbonyl (C=S) groups is 1. The summed E-state index contributed by atoms with van der Waals surface area (Å²) in [5.74, 6) is -0.0793.